The molecule has 0 radical (unpaired) electrons. The Morgan fingerprint density at radius 2 is 0.727 bits per heavy atom. The summed E-state index contributed by atoms with van der Waals surface area (Å²) < 4.78 is 2.49. The van der Waals surface area contributed by atoms with Crippen LogP contribution in [0.4, 0.5) is 17.1 Å². The van der Waals surface area contributed by atoms with Gasteiger partial charge in [-0.1, -0.05) is 170 Å². The number of anilines is 3. The minimum Gasteiger partial charge on any atom is -0.310 e. The molecule has 2 heteroatoms. The Morgan fingerprint density at radius 3 is 1.32 bits per heavy atom. The maximum absolute atomic E-state index is 2.49. The van der Waals surface area contributed by atoms with Gasteiger partial charge in [-0.2, -0.15) is 0 Å². The van der Waals surface area contributed by atoms with Crippen molar-refractivity contribution < 1.29 is 0 Å². The molecule has 13 aromatic rings. The predicted molar refractivity (Wildman–Crippen MR) is 282 cm³/mol. The zero-order valence-electron chi connectivity index (χ0n) is 36.1. The zero-order chi connectivity index (χ0) is 43.6. The first-order valence-corrected chi connectivity index (χ1v) is 22.7. The van der Waals surface area contributed by atoms with Gasteiger partial charge in [0.15, 0.2) is 0 Å². The molecule has 0 aliphatic rings. The van der Waals surface area contributed by atoms with Gasteiger partial charge in [0.05, 0.1) is 11.0 Å². The number of fused-ring (bicyclic) bond motifs is 11. The maximum Gasteiger partial charge on any atom is 0.0547 e. The van der Waals surface area contributed by atoms with Crippen LogP contribution >= 0.6 is 0 Å². The van der Waals surface area contributed by atoms with E-state index in [0.29, 0.717) is 0 Å². The number of aromatic nitrogens is 1. The molecule has 0 unspecified atom stereocenters. The van der Waals surface area contributed by atoms with E-state index in [-0.39, 0.29) is 0 Å². The Kier molecular flexibility index (Phi) is 8.89. The zero-order valence-corrected chi connectivity index (χ0v) is 36.1. The molecule has 2 nitrogen and oxygen atoms in total. The molecule has 0 aliphatic heterocycles. The summed E-state index contributed by atoms with van der Waals surface area (Å²) in [5.74, 6) is 0. The van der Waals surface area contributed by atoms with E-state index in [9.17, 15) is 0 Å². The lowest BCUT2D eigenvalue weighted by Gasteiger charge is -2.26. The standard InChI is InChI=1S/C64H42N2/c1-6-18-43(19-7-1)46-30-34-62-61(39-46)64-57-42-60-56-33-32-52(65(50-24-12-4-13-25-50)51-26-14-5-15-27-51)41-59(56)55-29-17-16-28-54(55)58(60)40-47(57)31-35-63(64)66(62)53-37-48(44-20-8-2-9-21-44)36-49(38-53)45-22-10-3-11-23-45/h1-42H. The normalized spacial score (nSPS) is 11.6. The SMILES string of the molecule is c1ccc(-c2cc(-c3ccccc3)cc(-n3c4ccc(-c5ccccc5)cc4c4c5cc6c7ccc(N(c8ccccc8)c8ccccc8)cc7c7ccccc7c6cc5ccc43)c2)cc1. The third kappa shape index (κ3) is 6.26. The summed E-state index contributed by atoms with van der Waals surface area (Å²) in [6.45, 7) is 0. The van der Waals surface area contributed by atoms with Crippen LogP contribution in [0.5, 0.6) is 0 Å². The molecule has 1 heterocycles. The van der Waals surface area contributed by atoms with E-state index in [1.807, 2.05) is 0 Å². The van der Waals surface area contributed by atoms with Gasteiger partial charge in [-0.25, -0.2) is 0 Å². The number of rotatable bonds is 7. The molecule has 0 N–H and O–H groups in total. The van der Waals surface area contributed by atoms with Gasteiger partial charge < -0.3 is 9.47 Å². The fourth-order valence-corrected chi connectivity index (χ4v) is 10.4. The van der Waals surface area contributed by atoms with Gasteiger partial charge in [-0.05, 0) is 161 Å². The van der Waals surface area contributed by atoms with Gasteiger partial charge in [0.1, 0.15) is 0 Å². The van der Waals surface area contributed by atoms with Gasteiger partial charge in [-0.3, -0.25) is 0 Å². The second kappa shape index (κ2) is 15.5. The molecule has 0 atom stereocenters. The minimum absolute atomic E-state index is 1.12. The second-order valence-corrected chi connectivity index (χ2v) is 17.3. The number of benzene rings is 12. The van der Waals surface area contributed by atoms with Gasteiger partial charge in [-0.15, -0.1) is 0 Å². The molecule has 0 saturated heterocycles. The summed E-state index contributed by atoms with van der Waals surface area (Å²) in [6.07, 6.45) is 0. The Morgan fingerprint density at radius 1 is 0.242 bits per heavy atom. The lowest BCUT2D eigenvalue weighted by atomic mass is 9.91. The summed E-state index contributed by atoms with van der Waals surface area (Å²) in [5.41, 5.74) is 14.0. The average Bonchev–Trinajstić information content (AvgIpc) is 3.74. The summed E-state index contributed by atoms with van der Waals surface area (Å²) in [4.78, 5) is 2.36. The summed E-state index contributed by atoms with van der Waals surface area (Å²) in [7, 11) is 0. The molecule has 0 bridgehead atoms. The predicted octanol–water partition coefficient (Wildman–Crippen LogP) is 17.9. The smallest absolute Gasteiger partial charge is 0.0547 e. The second-order valence-electron chi connectivity index (χ2n) is 17.3. The van der Waals surface area contributed by atoms with Crippen molar-refractivity contribution in [3.63, 3.8) is 0 Å². The van der Waals surface area contributed by atoms with Gasteiger partial charge >= 0.3 is 0 Å². The van der Waals surface area contributed by atoms with E-state index in [1.165, 1.54) is 98.3 Å². The van der Waals surface area contributed by atoms with E-state index >= 15 is 0 Å². The van der Waals surface area contributed by atoms with Crippen molar-refractivity contribution in [1.82, 2.24) is 4.57 Å². The highest BCUT2D eigenvalue weighted by atomic mass is 15.1. The quantitative estimate of drug-likeness (QED) is 0.115. The van der Waals surface area contributed by atoms with Gasteiger partial charge in [0, 0.05) is 33.5 Å². The molecule has 0 amide bonds. The van der Waals surface area contributed by atoms with Crippen molar-refractivity contribution in [2.75, 3.05) is 4.90 Å². The van der Waals surface area contributed by atoms with E-state index in [0.717, 1.165) is 22.7 Å². The Bertz CT molecular complexity index is 3850. The molecule has 308 valence electrons. The van der Waals surface area contributed by atoms with Crippen LogP contribution in [-0.2, 0) is 0 Å². The lowest BCUT2D eigenvalue weighted by molar-refractivity contribution is 1.18. The van der Waals surface area contributed by atoms with Crippen molar-refractivity contribution in [3.05, 3.63) is 255 Å². The highest BCUT2D eigenvalue weighted by Gasteiger charge is 2.20. The number of nitrogens with zero attached hydrogens (tertiary/aromatic N) is 2. The number of para-hydroxylation sites is 2. The van der Waals surface area contributed by atoms with Crippen LogP contribution in [0.2, 0.25) is 0 Å². The van der Waals surface area contributed by atoms with Gasteiger partial charge in [0.25, 0.3) is 0 Å². The van der Waals surface area contributed by atoms with Crippen molar-refractivity contribution in [3.8, 4) is 39.1 Å². The number of hydrogen-bond acceptors (Lipinski definition) is 1. The molecule has 0 aliphatic carbocycles. The first kappa shape index (κ1) is 37.8. The molecule has 0 saturated carbocycles. The van der Waals surface area contributed by atoms with E-state index < -0.39 is 0 Å². The third-order valence-corrected chi connectivity index (χ3v) is 13.5. The Balaban J connectivity index is 1.11. The first-order chi connectivity index (χ1) is 32.7. The molecule has 66 heavy (non-hydrogen) atoms. The van der Waals surface area contributed by atoms with Crippen LogP contribution in [-0.4, -0.2) is 4.57 Å². The van der Waals surface area contributed by atoms with E-state index in [1.54, 1.807) is 0 Å². The fraction of sp³-hybridized carbons (Fsp3) is 0. The molecule has 1 aromatic heterocycles. The van der Waals surface area contributed by atoms with E-state index in [2.05, 4.69) is 264 Å². The van der Waals surface area contributed by atoms with Crippen LogP contribution in [0.25, 0.3) is 104 Å². The van der Waals surface area contributed by atoms with Crippen LogP contribution in [0, 0.1) is 0 Å². The van der Waals surface area contributed by atoms with Crippen molar-refractivity contribution in [2.45, 2.75) is 0 Å². The largest absolute Gasteiger partial charge is 0.310 e. The molecule has 12 aromatic carbocycles. The highest BCUT2D eigenvalue weighted by molar-refractivity contribution is 6.31. The lowest BCUT2D eigenvalue weighted by Crippen LogP contribution is -2.09. The first-order valence-electron chi connectivity index (χ1n) is 22.7. The fourth-order valence-electron chi connectivity index (χ4n) is 10.4. The van der Waals surface area contributed by atoms with Crippen LogP contribution in [0.3, 0.4) is 0 Å². The summed E-state index contributed by atoms with van der Waals surface area (Å²) in [6, 6.07) is 93.3. The molecular weight excluding hydrogens is 797 g/mol. The van der Waals surface area contributed by atoms with Crippen LogP contribution < -0.4 is 4.90 Å². The Labute approximate surface area is 383 Å². The average molecular weight is 839 g/mol. The summed E-state index contributed by atoms with van der Waals surface area (Å²) >= 11 is 0. The highest BCUT2D eigenvalue weighted by Crippen LogP contribution is 2.45. The molecule has 0 spiro atoms. The molecule has 0 fully saturated rings. The molecule has 13 rings (SSSR count). The monoisotopic (exact) mass is 838 g/mol. The van der Waals surface area contributed by atoms with Crippen molar-refractivity contribution in [2.24, 2.45) is 0 Å². The van der Waals surface area contributed by atoms with Crippen LogP contribution in [0.15, 0.2) is 255 Å². The maximum atomic E-state index is 2.49. The minimum atomic E-state index is 1.12. The topological polar surface area (TPSA) is 8.17 Å². The van der Waals surface area contributed by atoms with Crippen molar-refractivity contribution >= 4 is 82.0 Å². The van der Waals surface area contributed by atoms with Crippen LogP contribution in [0.1, 0.15) is 0 Å². The Hall–Kier alpha value is -8.72. The van der Waals surface area contributed by atoms with Gasteiger partial charge in [0.2, 0.25) is 0 Å². The van der Waals surface area contributed by atoms with E-state index in [4.69, 9.17) is 0 Å². The summed E-state index contributed by atoms with van der Waals surface area (Å²) in [5, 5.41) is 12.4. The van der Waals surface area contributed by atoms with Crippen molar-refractivity contribution in [1.29, 1.82) is 0 Å². The third-order valence-electron chi connectivity index (χ3n) is 13.5. The number of hydrogen-bond donors (Lipinski definition) is 0. The molecular formula is C64H42N2.